The van der Waals surface area contributed by atoms with Crippen molar-refractivity contribution >= 4 is 11.8 Å². The normalized spacial score (nSPS) is 15.7. The van der Waals surface area contributed by atoms with Crippen LogP contribution in [0.5, 0.6) is 0 Å². The van der Waals surface area contributed by atoms with Crippen LogP contribution in [0.1, 0.15) is 32.1 Å². The van der Waals surface area contributed by atoms with E-state index in [2.05, 4.69) is 5.32 Å². The van der Waals surface area contributed by atoms with Gasteiger partial charge in [0.25, 0.3) is 0 Å². The smallest absolute Gasteiger partial charge is 0.222 e. The third-order valence-corrected chi connectivity index (χ3v) is 2.44. The summed E-state index contributed by atoms with van der Waals surface area (Å²) in [5.41, 5.74) is 4.93. The van der Waals surface area contributed by atoms with Crippen LogP contribution in [0.4, 0.5) is 0 Å². The van der Waals surface area contributed by atoms with E-state index in [9.17, 15) is 9.59 Å². The Morgan fingerprint density at radius 2 is 1.93 bits per heavy atom. The molecule has 0 radical (unpaired) electrons. The fourth-order valence-corrected chi connectivity index (χ4v) is 1.29. The maximum Gasteiger partial charge on any atom is 0.222 e. The van der Waals surface area contributed by atoms with Crippen LogP contribution in [0, 0.1) is 0 Å². The highest BCUT2D eigenvalue weighted by molar-refractivity contribution is 5.76. The number of hydrogen-bond donors (Lipinski definition) is 2. The first kappa shape index (κ1) is 12.0. The Hall–Kier alpha value is -1.10. The molecule has 2 amide bonds. The average Bonchev–Trinajstić information content (AvgIpc) is 2.10. The number of ether oxygens (including phenoxy) is 1. The largest absolute Gasteiger partial charge is 0.380 e. The van der Waals surface area contributed by atoms with Crippen molar-refractivity contribution in [3.63, 3.8) is 0 Å². The monoisotopic (exact) mass is 214 g/mol. The fraction of sp³-hybridized carbons (Fsp3) is 0.800. The van der Waals surface area contributed by atoms with Gasteiger partial charge >= 0.3 is 0 Å². The zero-order valence-corrected chi connectivity index (χ0v) is 8.83. The van der Waals surface area contributed by atoms with Crippen molar-refractivity contribution in [2.45, 2.75) is 38.1 Å². The van der Waals surface area contributed by atoms with E-state index in [1.165, 1.54) is 6.42 Å². The molecule has 3 N–H and O–H groups in total. The predicted molar refractivity (Wildman–Crippen MR) is 55.0 cm³/mol. The molecule has 0 unspecified atom stereocenters. The van der Waals surface area contributed by atoms with Gasteiger partial charge in [0.15, 0.2) is 0 Å². The Morgan fingerprint density at radius 1 is 1.27 bits per heavy atom. The SMILES string of the molecule is NC(=O)CCOCCC(=O)NC1CCC1. The molecule has 1 aliphatic carbocycles. The second-order valence-electron chi connectivity index (χ2n) is 3.77. The topological polar surface area (TPSA) is 81.4 Å². The van der Waals surface area contributed by atoms with Gasteiger partial charge in [-0.3, -0.25) is 9.59 Å². The summed E-state index contributed by atoms with van der Waals surface area (Å²) in [6, 6.07) is 0.378. The fourth-order valence-electron chi connectivity index (χ4n) is 1.29. The molecular weight excluding hydrogens is 196 g/mol. The minimum Gasteiger partial charge on any atom is -0.380 e. The molecule has 0 heterocycles. The molecule has 0 aromatic rings. The van der Waals surface area contributed by atoms with Gasteiger partial charge in [-0.25, -0.2) is 0 Å². The minimum atomic E-state index is -0.381. The van der Waals surface area contributed by atoms with Gasteiger partial charge in [-0.1, -0.05) is 0 Å². The summed E-state index contributed by atoms with van der Waals surface area (Å²) >= 11 is 0. The van der Waals surface area contributed by atoms with Crippen LogP contribution in [-0.2, 0) is 14.3 Å². The number of carbonyl (C=O) groups excluding carboxylic acids is 2. The molecule has 1 fully saturated rings. The Labute approximate surface area is 89.3 Å². The number of amides is 2. The number of primary amides is 1. The Balaban J connectivity index is 1.90. The highest BCUT2D eigenvalue weighted by Gasteiger charge is 2.18. The molecule has 5 nitrogen and oxygen atoms in total. The first-order valence-corrected chi connectivity index (χ1v) is 5.34. The molecule has 86 valence electrons. The van der Waals surface area contributed by atoms with E-state index >= 15 is 0 Å². The molecule has 1 rings (SSSR count). The van der Waals surface area contributed by atoms with Gasteiger partial charge in [0.1, 0.15) is 0 Å². The van der Waals surface area contributed by atoms with Gasteiger partial charge in [0.05, 0.1) is 13.2 Å². The van der Waals surface area contributed by atoms with E-state index in [1.54, 1.807) is 0 Å². The third kappa shape index (κ3) is 5.37. The zero-order chi connectivity index (χ0) is 11.1. The van der Waals surface area contributed by atoms with Crippen LogP contribution in [-0.4, -0.2) is 31.1 Å². The summed E-state index contributed by atoms with van der Waals surface area (Å²) in [7, 11) is 0. The van der Waals surface area contributed by atoms with Crippen LogP contribution >= 0.6 is 0 Å². The number of nitrogens with one attached hydrogen (secondary N) is 1. The lowest BCUT2D eigenvalue weighted by Crippen LogP contribution is -2.39. The van der Waals surface area contributed by atoms with E-state index < -0.39 is 0 Å². The first-order valence-electron chi connectivity index (χ1n) is 5.34. The molecule has 1 saturated carbocycles. The lowest BCUT2D eigenvalue weighted by molar-refractivity contribution is -0.123. The van der Waals surface area contributed by atoms with E-state index in [1.807, 2.05) is 0 Å². The highest BCUT2D eigenvalue weighted by Crippen LogP contribution is 2.17. The summed E-state index contributed by atoms with van der Waals surface area (Å²) in [5, 5.41) is 2.91. The zero-order valence-electron chi connectivity index (χ0n) is 8.83. The Kier molecular flexibility index (Phi) is 5.10. The van der Waals surface area contributed by atoms with Crippen LogP contribution in [0.25, 0.3) is 0 Å². The van der Waals surface area contributed by atoms with E-state index in [-0.39, 0.29) is 18.2 Å². The molecular formula is C10H18N2O3. The van der Waals surface area contributed by atoms with Gasteiger partial charge in [-0.15, -0.1) is 0 Å². The second-order valence-corrected chi connectivity index (χ2v) is 3.77. The minimum absolute atomic E-state index is 0.0266. The van der Waals surface area contributed by atoms with Gasteiger partial charge in [-0.05, 0) is 19.3 Å². The van der Waals surface area contributed by atoms with Gasteiger partial charge < -0.3 is 15.8 Å². The van der Waals surface area contributed by atoms with Gasteiger partial charge in [0, 0.05) is 18.9 Å². The lowest BCUT2D eigenvalue weighted by atomic mass is 9.93. The van der Waals surface area contributed by atoms with Crippen molar-refractivity contribution < 1.29 is 14.3 Å². The molecule has 0 aromatic carbocycles. The third-order valence-electron chi connectivity index (χ3n) is 2.44. The summed E-state index contributed by atoms with van der Waals surface area (Å²) in [6.45, 7) is 0.651. The molecule has 0 saturated heterocycles. The molecule has 1 aliphatic rings. The first-order chi connectivity index (χ1) is 7.18. The summed E-state index contributed by atoms with van der Waals surface area (Å²) in [4.78, 5) is 21.6. The number of carbonyl (C=O) groups is 2. The van der Waals surface area contributed by atoms with E-state index in [0.29, 0.717) is 25.7 Å². The summed E-state index contributed by atoms with van der Waals surface area (Å²) in [5.74, 6) is -0.354. The predicted octanol–water partition coefficient (Wildman–Crippen LogP) is -0.0628. The number of nitrogens with two attached hydrogens (primary N) is 1. The van der Waals surface area contributed by atoms with Crippen LogP contribution in [0.15, 0.2) is 0 Å². The summed E-state index contributed by atoms with van der Waals surface area (Å²) < 4.78 is 5.09. The molecule has 15 heavy (non-hydrogen) atoms. The standard InChI is InChI=1S/C10H18N2O3/c11-9(13)4-6-15-7-5-10(14)12-8-2-1-3-8/h8H,1-7H2,(H2,11,13)(H,12,14). The lowest BCUT2D eigenvalue weighted by Gasteiger charge is -2.26. The maximum atomic E-state index is 11.3. The molecule has 0 aromatic heterocycles. The summed E-state index contributed by atoms with van der Waals surface area (Å²) in [6.07, 6.45) is 3.96. The van der Waals surface area contributed by atoms with Crippen molar-refractivity contribution in [2.24, 2.45) is 5.73 Å². The highest BCUT2D eigenvalue weighted by atomic mass is 16.5. The molecule has 0 bridgehead atoms. The number of rotatable bonds is 7. The van der Waals surface area contributed by atoms with E-state index in [0.717, 1.165) is 12.8 Å². The van der Waals surface area contributed by atoms with Crippen molar-refractivity contribution in [3.8, 4) is 0 Å². The molecule has 0 spiro atoms. The van der Waals surface area contributed by atoms with E-state index in [4.69, 9.17) is 10.5 Å². The number of hydrogen-bond acceptors (Lipinski definition) is 3. The Morgan fingerprint density at radius 3 is 2.47 bits per heavy atom. The average molecular weight is 214 g/mol. The van der Waals surface area contributed by atoms with Crippen LogP contribution in [0.3, 0.4) is 0 Å². The molecule has 0 aliphatic heterocycles. The van der Waals surface area contributed by atoms with Gasteiger partial charge in [0.2, 0.25) is 11.8 Å². The van der Waals surface area contributed by atoms with Gasteiger partial charge in [-0.2, -0.15) is 0 Å². The van der Waals surface area contributed by atoms with Crippen LogP contribution in [0.2, 0.25) is 0 Å². The van der Waals surface area contributed by atoms with Crippen molar-refractivity contribution in [3.05, 3.63) is 0 Å². The Bertz CT molecular complexity index is 227. The van der Waals surface area contributed by atoms with Crippen LogP contribution < -0.4 is 11.1 Å². The van der Waals surface area contributed by atoms with Crippen molar-refractivity contribution in [2.75, 3.05) is 13.2 Å². The quantitative estimate of drug-likeness (QED) is 0.582. The van der Waals surface area contributed by atoms with Crippen molar-refractivity contribution in [1.29, 1.82) is 0 Å². The molecule has 0 atom stereocenters. The molecule has 5 heteroatoms. The maximum absolute atomic E-state index is 11.3. The van der Waals surface area contributed by atoms with Crippen molar-refractivity contribution in [1.82, 2.24) is 5.32 Å². The second kappa shape index (κ2) is 6.40.